The summed E-state index contributed by atoms with van der Waals surface area (Å²) in [4.78, 5) is 28.7. The van der Waals surface area contributed by atoms with Gasteiger partial charge in [0.2, 0.25) is 0 Å². The zero-order valence-electron chi connectivity index (χ0n) is 19.9. The molecule has 0 spiro atoms. The molecule has 3 aliphatic rings. The average molecular weight is 452 g/mol. The summed E-state index contributed by atoms with van der Waals surface area (Å²) in [6, 6.07) is 6.59. The summed E-state index contributed by atoms with van der Waals surface area (Å²) in [7, 11) is 0. The number of fused-ring (bicyclic) bond motifs is 1. The largest absolute Gasteiger partial charge is 0.338 e. The molecule has 0 saturated carbocycles. The number of halogens is 1. The van der Waals surface area contributed by atoms with Gasteiger partial charge < -0.3 is 4.90 Å². The second-order valence-electron chi connectivity index (χ2n) is 9.92. The van der Waals surface area contributed by atoms with Gasteiger partial charge in [0.15, 0.2) is 0 Å². The van der Waals surface area contributed by atoms with Gasteiger partial charge in [-0.25, -0.2) is 14.4 Å². The Labute approximate surface area is 195 Å². The van der Waals surface area contributed by atoms with Crippen molar-refractivity contribution in [1.29, 1.82) is 0 Å². The quantitative estimate of drug-likeness (QED) is 0.715. The molecule has 5 rings (SSSR count). The van der Waals surface area contributed by atoms with Crippen LogP contribution in [0, 0.1) is 19.7 Å². The van der Waals surface area contributed by atoms with E-state index in [0.29, 0.717) is 23.7 Å². The number of carbonyl (C=O) groups is 1. The number of benzene rings is 1. The van der Waals surface area contributed by atoms with E-state index in [0.717, 1.165) is 69.8 Å². The number of carbonyl (C=O) groups excluding carboxylic acids is 1. The predicted molar refractivity (Wildman–Crippen MR) is 126 cm³/mol. The van der Waals surface area contributed by atoms with Crippen LogP contribution in [0.5, 0.6) is 0 Å². The fraction of sp³-hybridized carbons (Fsp3) is 0.577. The van der Waals surface area contributed by atoms with Gasteiger partial charge in [-0.05, 0) is 69.7 Å². The summed E-state index contributed by atoms with van der Waals surface area (Å²) in [5.74, 6) is -0.0601. The Bertz CT molecular complexity index is 1020. The van der Waals surface area contributed by atoms with Crippen LogP contribution < -0.4 is 0 Å². The van der Waals surface area contributed by atoms with Crippen molar-refractivity contribution in [2.24, 2.45) is 0 Å². The van der Waals surface area contributed by atoms with E-state index in [1.165, 1.54) is 17.5 Å². The SMILES string of the molecule is Cc1ncnc(C)c1C(=O)N1CCC(N2CCN(C3CCc4ccc(F)cc43)[C@@H](C)C2)CC1. The number of amides is 1. The highest BCUT2D eigenvalue weighted by molar-refractivity contribution is 5.96. The molecule has 176 valence electrons. The minimum atomic E-state index is -0.124. The second-order valence-corrected chi connectivity index (χ2v) is 9.92. The van der Waals surface area contributed by atoms with E-state index in [1.54, 1.807) is 12.1 Å². The fourth-order valence-corrected chi connectivity index (χ4v) is 6.19. The van der Waals surface area contributed by atoms with Crippen LogP contribution >= 0.6 is 0 Å². The van der Waals surface area contributed by atoms with Crippen molar-refractivity contribution in [3.63, 3.8) is 0 Å². The lowest BCUT2D eigenvalue weighted by molar-refractivity contribution is 0.0103. The summed E-state index contributed by atoms with van der Waals surface area (Å²) >= 11 is 0. The molecule has 0 N–H and O–H groups in total. The standard InChI is InChI=1S/C26H34FN5O/c1-17-15-31(12-13-32(17)24-7-5-20-4-6-21(27)14-23(20)24)22-8-10-30(11-9-22)26(33)25-18(2)28-16-29-19(25)3/h4,6,14,16-17,22,24H,5,7-13,15H2,1-3H3/t17-,24?/m0/s1. The number of nitrogens with zero attached hydrogens (tertiary/aromatic N) is 5. The van der Waals surface area contributed by atoms with Crippen molar-refractivity contribution in [3.05, 3.63) is 58.4 Å². The number of hydrogen-bond acceptors (Lipinski definition) is 5. The van der Waals surface area contributed by atoms with Crippen molar-refractivity contribution < 1.29 is 9.18 Å². The number of hydrogen-bond donors (Lipinski definition) is 0. The van der Waals surface area contributed by atoms with E-state index < -0.39 is 0 Å². The monoisotopic (exact) mass is 451 g/mol. The molecule has 33 heavy (non-hydrogen) atoms. The molecule has 0 bridgehead atoms. The molecule has 2 fully saturated rings. The molecule has 1 amide bonds. The maximum atomic E-state index is 13.9. The molecule has 1 aliphatic carbocycles. The topological polar surface area (TPSA) is 52.6 Å². The maximum Gasteiger partial charge on any atom is 0.257 e. The minimum Gasteiger partial charge on any atom is -0.338 e. The van der Waals surface area contributed by atoms with Gasteiger partial charge >= 0.3 is 0 Å². The van der Waals surface area contributed by atoms with E-state index in [4.69, 9.17) is 0 Å². The van der Waals surface area contributed by atoms with Crippen LogP contribution in [0.3, 0.4) is 0 Å². The Morgan fingerprint density at radius 1 is 1.03 bits per heavy atom. The Kier molecular flexibility index (Phi) is 6.18. The molecule has 0 radical (unpaired) electrons. The Hall–Kier alpha value is -2.38. The van der Waals surface area contributed by atoms with Crippen molar-refractivity contribution in [2.45, 2.75) is 64.6 Å². The first kappa shape index (κ1) is 22.4. The van der Waals surface area contributed by atoms with Crippen LogP contribution in [0.4, 0.5) is 4.39 Å². The third-order valence-electron chi connectivity index (χ3n) is 7.97. The van der Waals surface area contributed by atoms with Crippen LogP contribution in [0.25, 0.3) is 0 Å². The van der Waals surface area contributed by atoms with Gasteiger partial charge in [-0.3, -0.25) is 14.6 Å². The van der Waals surface area contributed by atoms with Crippen LogP contribution in [-0.2, 0) is 6.42 Å². The highest BCUT2D eigenvalue weighted by Crippen LogP contribution is 2.38. The van der Waals surface area contributed by atoms with Crippen LogP contribution in [0.1, 0.15) is 65.1 Å². The van der Waals surface area contributed by atoms with Gasteiger partial charge in [0.1, 0.15) is 12.1 Å². The van der Waals surface area contributed by atoms with Crippen LogP contribution in [0.2, 0.25) is 0 Å². The third kappa shape index (κ3) is 4.28. The normalized spacial score (nSPS) is 24.8. The highest BCUT2D eigenvalue weighted by Gasteiger charge is 2.37. The van der Waals surface area contributed by atoms with E-state index >= 15 is 0 Å². The number of piperazine rings is 1. The van der Waals surface area contributed by atoms with Gasteiger partial charge in [0.25, 0.3) is 5.91 Å². The van der Waals surface area contributed by atoms with Gasteiger partial charge in [0.05, 0.1) is 17.0 Å². The zero-order valence-corrected chi connectivity index (χ0v) is 19.9. The minimum absolute atomic E-state index is 0.0642. The summed E-state index contributed by atoms with van der Waals surface area (Å²) < 4.78 is 13.9. The molecule has 1 aromatic heterocycles. The van der Waals surface area contributed by atoms with Gasteiger partial charge in [-0.1, -0.05) is 6.07 Å². The lowest BCUT2D eigenvalue weighted by Gasteiger charge is -2.47. The molecule has 2 saturated heterocycles. The molecular weight excluding hydrogens is 417 g/mol. The van der Waals surface area contributed by atoms with Crippen LogP contribution in [-0.4, -0.2) is 75.4 Å². The first-order valence-electron chi connectivity index (χ1n) is 12.3. The van der Waals surface area contributed by atoms with E-state index in [1.807, 2.05) is 24.8 Å². The molecule has 6 nitrogen and oxygen atoms in total. The van der Waals surface area contributed by atoms with Crippen LogP contribution in [0.15, 0.2) is 24.5 Å². The van der Waals surface area contributed by atoms with E-state index in [9.17, 15) is 9.18 Å². The summed E-state index contributed by atoms with van der Waals surface area (Å²) in [6.45, 7) is 10.7. The average Bonchev–Trinajstić information content (AvgIpc) is 3.21. The first-order chi connectivity index (χ1) is 15.9. The molecular formula is C26H34FN5O. The third-order valence-corrected chi connectivity index (χ3v) is 7.97. The van der Waals surface area contributed by atoms with Crippen molar-refractivity contribution >= 4 is 5.91 Å². The molecule has 2 atom stereocenters. The van der Waals surface area contributed by atoms with Gasteiger partial charge in [-0.15, -0.1) is 0 Å². The lowest BCUT2D eigenvalue weighted by Crippen LogP contribution is -2.57. The Morgan fingerprint density at radius 2 is 1.76 bits per heavy atom. The van der Waals surface area contributed by atoms with Gasteiger partial charge in [-0.2, -0.15) is 0 Å². The van der Waals surface area contributed by atoms with Gasteiger partial charge in [0, 0.05) is 50.8 Å². The maximum absolute atomic E-state index is 13.9. The number of aryl methyl sites for hydroxylation is 3. The summed E-state index contributed by atoms with van der Waals surface area (Å²) in [5, 5.41) is 0. The summed E-state index contributed by atoms with van der Waals surface area (Å²) in [6.07, 6.45) is 5.66. The Balaban J connectivity index is 1.18. The molecule has 1 unspecified atom stereocenters. The smallest absolute Gasteiger partial charge is 0.257 e. The highest BCUT2D eigenvalue weighted by atomic mass is 19.1. The molecule has 2 aromatic rings. The lowest BCUT2D eigenvalue weighted by atomic mass is 9.98. The van der Waals surface area contributed by atoms with E-state index in [-0.39, 0.29) is 11.7 Å². The molecule has 3 heterocycles. The Morgan fingerprint density at radius 3 is 2.45 bits per heavy atom. The number of aromatic nitrogens is 2. The number of likely N-dealkylation sites (tertiary alicyclic amines) is 1. The van der Waals surface area contributed by atoms with Crippen molar-refractivity contribution in [1.82, 2.24) is 24.7 Å². The van der Waals surface area contributed by atoms with Crippen molar-refractivity contribution in [2.75, 3.05) is 32.7 Å². The van der Waals surface area contributed by atoms with Crippen molar-refractivity contribution in [3.8, 4) is 0 Å². The molecule has 1 aromatic carbocycles. The molecule has 2 aliphatic heterocycles. The first-order valence-corrected chi connectivity index (χ1v) is 12.3. The van der Waals surface area contributed by atoms with E-state index in [2.05, 4.69) is 26.7 Å². The number of piperidine rings is 1. The fourth-order valence-electron chi connectivity index (χ4n) is 6.19. The second kappa shape index (κ2) is 9.11. The summed E-state index contributed by atoms with van der Waals surface area (Å²) in [5.41, 5.74) is 4.67. The zero-order chi connectivity index (χ0) is 23.1. The molecule has 7 heteroatoms. The predicted octanol–water partition coefficient (Wildman–Crippen LogP) is 3.53. The number of rotatable bonds is 3.